The smallest absolute Gasteiger partial charge is 0.319 e. The molecule has 0 radical (unpaired) electrons. The van der Waals surface area contributed by atoms with Crippen LogP contribution in [0, 0.1) is 0 Å². The number of esters is 1. The zero-order valence-electron chi connectivity index (χ0n) is 20.5. The molecule has 0 aliphatic carbocycles. The van der Waals surface area contributed by atoms with Crippen LogP contribution in [-0.4, -0.2) is 45.0 Å². The lowest BCUT2D eigenvalue weighted by molar-refractivity contribution is -0.151. The average Bonchev–Trinajstić information content (AvgIpc) is 2.88. The Balaban J connectivity index is 1.16. The summed E-state index contributed by atoms with van der Waals surface area (Å²) in [5, 5.41) is 5.70. The number of carbonyl (C=O) groups is 2. The number of urea groups is 1. The van der Waals surface area contributed by atoms with E-state index in [9.17, 15) is 9.59 Å². The summed E-state index contributed by atoms with van der Waals surface area (Å²) in [7, 11) is 0. The molecule has 0 aromatic heterocycles. The molecule has 1 heterocycles. The molecule has 1 fully saturated rings. The molecular weight excluding hydrogens is 456 g/mol. The van der Waals surface area contributed by atoms with Crippen molar-refractivity contribution in [3.63, 3.8) is 0 Å². The molecule has 7 nitrogen and oxygen atoms in total. The number of anilines is 1. The van der Waals surface area contributed by atoms with Gasteiger partial charge in [0.15, 0.2) is 0 Å². The van der Waals surface area contributed by atoms with Gasteiger partial charge in [0.05, 0.1) is 38.3 Å². The largest absolute Gasteiger partial charge is 0.494 e. The minimum Gasteiger partial charge on any atom is -0.494 e. The molecule has 2 amide bonds. The highest BCUT2D eigenvalue weighted by Crippen LogP contribution is 2.37. The predicted octanol–water partition coefficient (Wildman–Crippen LogP) is 5.17. The van der Waals surface area contributed by atoms with Crippen LogP contribution < -0.4 is 15.4 Å². The maximum absolute atomic E-state index is 12.2. The molecular formula is C29H32N2O5. The molecule has 3 aromatic rings. The van der Waals surface area contributed by atoms with Gasteiger partial charge >= 0.3 is 12.0 Å². The third-order valence-corrected chi connectivity index (χ3v) is 6.14. The van der Waals surface area contributed by atoms with E-state index in [1.54, 1.807) is 6.92 Å². The third kappa shape index (κ3) is 6.64. The van der Waals surface area contributed by atoms with Gasteiger partial charge < -0.3 is 24.8 Å². The Morgan fingerprint density at radius 1 is 0.917 bits per heavy atom. The summed E-state index contributed by atoms with van der Waals surface area (Å²) in [6.45, 7) is 4.17. The molecule has 2 N–H and O–H groups in total. The van der Waals surface area contributed by atoms with Gasteiger partial charge in [-0.15, -0.1) is 0 Å². The highest BCUT2D eigenvalue weighted by molar-refractivity contribution is 5.89. The van der Waals surface area contributed by atoms with Crippen LogP contribution in [0.3, 0.4) is 0 Å². The van der Waals surface area contributed by atoms with Crippen molar-refractivity contribution in [1.29, 1.82) is 0 Å². The summed E-state index contributed by atoms with van der Waals surface area (Å²) in [4.78, 5) is 24.2. The van der Waals surface area contributed by atoms with Crippen molar-refractivity contribution in [1.82, 2.24) is 5.32 Å². The fourth-order valence-electron chi connectivity index (χ4n) is 4.13. The van der Waals surface area contributed by atoms with E-state index in [0.717, 1.165) is 28.1 Å². The number of ether oxygens (including phenoxy) is 3. The molecule has 7 heteroatoms. The van der Waals surface area contributed by atoms with E-state index < -0.39 is 0 Å². The Bertz CT molecular complexity index is 1130. The second-order valence-electron chi connectivity index (χ2n) is 8.81. The molecule has 0 atom stereocenters. The van der Waals surface area contributed by atoms with Crippen LogP contribution in [0.15, 0.2) is 78.9 Å². The van der Waals surface area contributed by atoms with Gasteiger partial charge in [-0.25, -0.2) is 4.79 Å². The van der Waals surface area contributed by atoms with E-state index in [0.29, 0.717) is 45.8 Å². The summed E-state index contributed by atoms with van der Waals surface area (Å²) in [5.41, 5.74) is 3.70. The molecule has 0 saturated carbocycles. The van der Waals surface area contributed by atoms with Crippen molar-refractivity contribution < 1.29 is 23.8 Å². The van der Waals surface area contributed by atoms with Crippen LogP contribution in [0.4, 0.5) is 10.5 Å². The number of nitrogens with one attached hydrogen (secondary N) is 2. The Labute approximate surface area is 211 Å². The number of benzene rings is 3. The second-order valence-corrected chi connectivity index (χ2v) is 8.81. The summed E-state index contributed by atoms with van der Waals surface area (Å²) >= 11 is 0. The molecule has 4 rings (SSSR count). The van der Waals surface area contributed by atoms with E-state index in [1.165, 1.54) is 0 Å². The lowest BCUT2D eigenvalue weighted by atomic mass is 9.76. The normalized spacial score (nSPS) is 13.8. The number of hydrogen-bond donors (Lipinski definition) is 2. The maximum atomic E-state index is 12.2. The van der Waals surface area contributed by atoms with Crippen LogP contribution in [0.5, 0.6) is 5.75 Å². The van der Waals surface area contributed by atoms with Crippen molar-refractivity contribution in [3.05, 3.63) is 84.4 Å². The number of rotatable bonds is 11. The van der Waals surface area contributed by atoms with Crippen molar-refractivity contribution in [2.45, 2.75) is 25.2 Å². The first-order valence-corrected chi connectivity index (χ1v) is 12.2. The van der Waals surface area contributed by atoms with E-state index >= 15 is 0 Å². The van der Waals surface area contributed by atoms with Gasteiger partial charge in [0, 0.05) is 12.2 Å². The van der Waals surface area contributed by atoms with Crippen molar-refractivity contribution in [2.24, 2.45) is 0 Å². The van der Waals surface area contributed by atoms with Crippen molar-refractivity contribution in [3.8, 4) is 16.9 Å². The van der Waals surface area contributed by atoms with E-state index in [1.807, 2.05) is 66.7 Å². The van der Waals surface area contributed by atoms with Gasteiger partial charge in [-0.3, -0.25) is 4.79 Å². The molecule has 0 spiro atoms. The van der Waals surface area contributed by atoms with Gasteiger partial charge in [-0.1, -0.05) is 54.6 Å². The topological polar surface area (TPSA) is 85.9 Å². The highest BCUT2D eigenvalue weighted by Gasteiger charge is 2.42. The van der Waals surface area contributed by atoms with Gasteiger partial charge in [0.1, 0.15) is 5.75 Å². The Morgan fingerprint density at radius 2 is 1.61 bits per heavy atom. The second kappa shape index (κ2) is 12.2. The number of hydrogen-bond acceptors (Lipinski definition) is 5. The van der Waals surface area contributed by atoms with E-state index in [2.05, 4.69) is 22.8 Å². The first kappa shape index (κ1) is 25.3. The Hall–Kier alpha value is -3.84. The standard InChI is InChI=1S/C29H32N2O5/c1-2-35-27(32)19-29(20-34-21-29)24-11-15-26(16-12-24)36-18-6-17-30-28(33)31-25-13-9-23(10-14-25)22-7-4-3-5-8-22/h3-5,7-16H,2,6,17-21H2,1H3,(H2,30,31,33). The SMILES string of the molecule is CCOC(=O)CC1(c2ccc(OCCCNC(=O)Nc3ccc(-c4ccccc4)cc3)cc2)COC1. The van der Waals surface area contributed by atoms with Crippen LogP contribution in [0.2, 0.25) is 0 Å². The number of carbonyl (C=O) groups excluding carboxylic acids is 2. The van der Waals surface area contributed by atoms with E-state index in [-0.39, 0.29) is 17.4 Å². The first-order chi connectivity index (χ1) is 17.6. The first-order valence-electron chi connectivity index (χ1n) is 12.2. The fraction of sp³-hybridized carbons (Fsp3) is 0.310. The zero-order chi connectivity index (χ0) is 25.2. The molecule has 36 heavy (non-hydrogen) atoms. The van der Waals surface area contributed by atoms with Gasteiger partial charge in [-0.05, 0) is 54.3 Å². The molecule has 1 aliphatic rings. The summed E-state index contributed by atoms with van der Waals surface area (Å²) in [6, 6.07) is 25.4. The van der Waals surface area contributed by atoms with Gasteiger partial charge in [0.25, 0.3) is 0 Å². The Morgan fingerprint density at radius 3 is 2.25 bits per heavy atom. The lowest BCUT2D eigenvalue weighted by Gasteiger charge is -2.41. The van der Waals surface area contributed by atoms with Crippen LogP contribution in [-0.2, 0) is 19.7 Å². The van der Waals surface area contributed by atoms with Crippen molar-refractivity contribution >= 4 is 17.7 Å². The number of amides is 2. The summed E-state index contributed by atoms with van der Waals surface area (Å²) in [6.07, 6.45) is 0.981. The monoisotopic (exact) mass is 488 g/mol. The average molecular weight is 489 g/mol. The van der Waals surface area contributed by atoms with Crippen LogP contribution in [0.25, 0.3) is 11.1 Å². The molecule has 1 saturated heterocycles. The predicted molar refractivity (Wildman–Crippen MR) is 139 cm³/mol. The zero-order valence-corrected chi connectivity index (χ0v) is 20.5. The van der Waals surface area contributed by atoms with Gasteiger partial charge in [-0.2, -0.15) is 0 Å². The molecule has 0 bridgehead atoms. The molecule has 1 aliphatic heterocycles. The Kier molecular flexibility index (Phi) is 8.57. The van der Waals surface area contributed by atoms with Crippen molar-refractivity contribution in [2.75, 3.05) is 38.3 Å². The summed E-state index contributed by atoms with van der Waals surface area (Å²) in [5.74, 6) is 0.537. The summed E-state index contributed by atoms with van der Waals surface area (Å²) < 4.78 is 16.3. The van der Waals surface area contributed by atoms with Crippen LogP contribution in [0.1, 0.15) is 25.3 Å². The minimum absolute atomic E-state index is 0.207. The highest BCUT2D eigenvalue weighted by atomic mass is 16.5. The van der Waals surface area contributed by atoms with Gasteiger partial charge in [0.2, 0.25) is 0 Å². The maximum Gasteiger partial charge on any atom is 0.319 e. The van der Waals surface area contributed by atoms with Crippen LogP contribution >= 0.6 is 0 Å². The molecule has 188 valence electrons. The third-order valence-electron chi connectivity index (χ3n) is 6.14. The quantitative estimate of drug-likeness (QED) is 0.287. The van der Waals surface area contributed by atoms with E-state index in [4.69, 9.17) is 14.2 Å². The molecule has 0 unspecified atom stereocenters. The fourth-order valence-corrected chi connectivity index (χ4v) is 4.13. The minimum atomic E-state index is -0.316. The lowest BCUT2D eigenvalue weighted by Crippen LogP contribution is -2.48. The molecule has 3 aromatic carbocycles.